The molecule has 4 rings (SSSR count). The van der Waals surface area contributed by atoms with E-state index in [-0.39, 0.29) is 23.2 Å². The number of hydrogen-bond donors (Lipinski definition) is 1. The van der Waals surface area contributed by atoms with E-state index in [9.17, 15) is 13.2 Å². The number of aromatic nitrogens is 4. The van der Waals surface area contributed by atoms with Crippen LogP contribution >= 0.6 is 0 Å². The zero-order valence-electron chi connectivity index (χ0n) is 16.9. The van der Waals surface area contributed by atoms with Gasteiger partial charge in [-0.05, 0) is 31.2 Å². The minimum atomic E-state index is -3.60. The number of rotatable bonds is 7. The maximum absolute atomic E-state index is 12.7. The first kappa shape index (κ1) is 21.2. The molecule has 0 aliphatic carbocycles. The Morgan fingerprint density at radius 2 is 1.94 bits per heavy atom. The smallest absolute Gasteiger partial charge is 0.251 e. The highest BCUT2D eigenvalue weighted by Gasteiger charge is 2.26. The van der Waals surface area contributed by atoms with E-state index in [2.05, 4.69) is 20.6 Å². The number of nitrogens with one attached hydrogen (secondary N) is 1. The van der Waals surface area contributed by atoms with Gasteiger partial charge in [-0.15, -0.1) is 0 Å². The maximum Gasteiger partial charge on any atom is 0.251 e. The maximum atomic E-state index is 12.7. The summed E-state index contributed by atoms with van der Waals surface area (Å²) in [5.41, 5.74) is 1.05. The standard InChI is InChI=1S/C19H22N6O5S/c1-2-24-13-15(11-21-24)18-22-17(30-23-18)12-20-19(26)14-3-5-16(6-4-14)31(27,28)25-7-9-29-10-8-25/h3-6,11,13H,2,7-10,12H2,1H3,(H,20,26). The number of morpholine rings is 1. The fraction of sp³-hybridized carbons (Fsp3) is 0.368. The molecule has 1 saturated heterocycles. The summed E-state index contributed by atoms with van der Waals surface area (Å²) in [6, 6.07) is 5.80. The summed E-state index contributed by atoms with van der Waals surface area (Å²) >= 11 is 0. The molecule has 1 fully saturated rings. The molecule has 0 atom stereocenters. The Bertz CT molecular complexity index is 1150. The quantitative estimate of drug-likeness (QED) is 0.566. The molecule has 1 aliphatic rings. The molecule has 1 amide bonds. The number of carbonyl (C=O) groups excluding carboxylic acids is 1. The van der Waals surface area contributed by atoms with Crippen LogP contribution in [0.3, 0.4) is 0 Å². The van der Waals surface area contributed by atoms with Crippen LogP contribution in [-0.2, 0) is 27.8 Å². The van der Waals surface area contributed by atoms with Gasteiger partial charge in [-0.25, -0.2) is 8.42 Å². The van der Waals surface area contributed by atoms with E-state index in [4.69, 9.17) is 9.26 Å². The first-order chi connectivity index (χ1) is 15.0. The summed E-state index contributed by atoms with van der Waals surface area (Å²) in [6.07, 6.45) is 3.45. The first-order valence-electron chi connectivity index (χ1n) is 9.79. The normalized spacial score (nSPS) is 15.1. The van der Waals surface area contributed by atoms with Crippen LogP contribution in [0.4, 0.5) is 0 Å². The van der Waals surface area contributed by atoms with E-state index in [1.54, 1.807) is 17.1 Å². The second-order valence-corrected chi connectivity index (χ2v) is 8.76. The molecule has 164 valence electrons. The molecule has 0 radical (unpaired) electrons. The van der Waals surface area contributed by atoms with E-state index in [0.717, 1.165) is 12.1 Å². The number of benzene rings is 1. The van der Waals surface area contributed by atoms with E-state index in [1.165, 1.54) is 28.6 Å². The summed E-state index contributed by atoms with van der Waals surface area (Å²) < 4.78 is 38.8. The van der Waals surface area contributed by atoms with Gasteiger partial charge in [0.25, 0.3) is 5.91 Å². The van der Waals surface area contributed by atoms with Crippen molar-refractivity contribution >= 4 is 15.9 Å². The lowest BCUT2D eigenvalue weighted by Gasteiger charge is -2.26. The van der Waals surface area contributed by atoms with E-state index >= 15 is 0 Å². The molecule has 11 nitrogen and oxygen atoms in total. The molecule has 1 aromatic carbocycles. The van der Waals surface area contributed by atoms with Crippen LogP contribution in [0.2, 0.25) is 0 Å². The Morgan fingerprint density at radius 3 is 2.61 bits per heavy atom. The van der Waals surface area contributed by atoms with Crippen molar-refractivity contribution in [3.8, 4) is 11.4 Å². The van der Waals surface area contributed by atoms with Crippen molar-refractivity contribution in [3.63, 3.8) is 0 Å². The summed E-state index contributed by atoms with van der Waals surface area (Å²) in [5, 5.41) is 10.7. The molecule has 1 N–H and O–H groups in total. The van der Waals surface area contributed by atoms with Crippen molar-refractivity contribution in [3.05, 3.63) is 48.1 Å². The third-order valence-corrected chi connectivity index (χ3v) is 6.72. The molecule has 2 aromatic heterocycles. The molecule has 3 aromatic rings. The number of aryl methyl sites for hydroxylation is 1. The van der Waals surface area contributed by atoms with Crippen LogP contribution in [0, 0.1) is 0 Å². The highest BCUT2D eigenvalue weighted by atomic mass is 32.2. The minimum Gasteiger partial charge on any atom is -0.379 e. The van der Waals surface area contributed by atoms with Crippen LogP contribution in [0.15, 0.2) is 46.1 Å². The molecular weight excluding hydrogens is 424 g/mol. The topological polar surface area (TPSA) is 132 Å². The van der Waals surface area contributed by atoms with E-state index in [0.29, 0.717) is 37.7 Å². The van der Waals surface area contributed by atoms with Gasteiger partial charge >= 0.3 is 0 Å². The number of amides is 1. The van der Waals surface area contributed by atoms with Gasteiger partial charge < -0.3 is 14.6 Å². The Morgan fingerprint density at radius 1 is 1.19 bits per heavy atom. The molecule has 0 unspecified atom stereocenters. The first-order valence-corrected chi connectivity index (χ1v) is 11.2. The fourth-order valence-electron chi connectivity index (χ4n) is 3.07. The average molecular weight is 446 g/mol. The second-order valence-electron chi connectivity index (χ2n) is 6.82. The van der Waals surface area contributed by atoms with Gasteiger partial charge in [0, 0.05) is 31.4 Å². The molecule has 0 saturated carbocycles. The predicted molar refractivity (Wildman–Crippen MR) is 108 cm³/mol. The third kappa shape index (κ3) is 4.65. The average Bonchev–Trinajstić information content (AvgIpc) is 3.47. The number of carbonyl (C=O) groups is 1. The van der Waals surface area contributed by atoms with Crippen molar-refractivity contribution in [1.29, 1.82) is 0 Å². The zero-order valence-corrected chi connectivity index (χ0v) is 17.7. The second kappa shape index (κ2) is 8.96. The predicted octanol–water partition coefficient (Wildman–Crippen LogP) is 0.904. The van der Waals surface area contributed by atoms with Gasteiger partial charge in [-0.1, -0.05) is 5.16 Å². The van der Waals surface area contributed by atoms with Gasteiger partial charge in [-0.3, -0.25) is 9.48 Å². The highest BCUT2D eigenvalue weighted by Crippen LogP contribution is 2.18. The lowest BCUT2D eigenvalue weighted by atomic mass is 10.2. The Kier molecular flexibility index (Phi) is 6.11. The zero-order chi connectivity index (χ0) is 21.8. The molecule has 0 bridgehead atoms. The number of sulfonamides is 1. The van der Waals surface area contributed by atoms with Crippen molar-refractivity contribution in [2.24, 2.45) is 0 Å². The summed E-state index contributed by atoms with van der Waals surface area (Å²) in [4.78, 5) is 16.8. The number of hydrogen-bond acceptors (Lipinski definition) is 8. The lowest BCUT2D eigenvalue weighted by molar-refractivity contribution is 0.0730. The van der Waals surface area contributed by atoms with Gasteiger partial charge in [0.2, 0.25) is 21.7 Å². The van der Waals surface area contributed by atoms with Gasteiger partial charge in [0.05, 0.1) is 36.4 Å². The van der Waals surface area contributed by atoms with Crippen molar-refractivity contribution in [2.45, 2.75) is 24.9 Å². The molecule has 31 heavy (non-hydrogen) atoms. The summed E-state index contributed by atoms with van der Waals surface area (Å²) in [5.74, 6) is 0.259. The van der Waals surface area contributed by atoms with Crippen LogP contribution in [0.5, 0.6) is 0 Å². The van der Waals surface area contributed by atoms with Gasteiger partial charge in [-0.2, -0.15) is 14.4 Å². The largest absolute Gasteiger partial charge is 0.379 e. The van der Waals surface area contributed by atoms with Crippen molar-refractivity contribution < 1.29 is 22.5 Å². The number of ether oxygens (including phenoxy) is 1. The molecular formula is C19H22N6O5S. The van der Waals surface area contributed by atoms with E-state index in [1.807, 2.05) is 6.92 Å². The van der Waals surface area contributed by atoms with Crippen molar-refractivity contribution in [2.75, 3.05) is 26.3 Å². The van der Waals surface area contributed by atoms with Gasteiger partial charge in [0.15, 0.2) is 0 Å². The van der Waals surface area contributed by atoms with Crippen molar-refractivity contribution in [1.82, 2.24) is 29.5 Å². The Balaban J connectivity index is 1.37. The van der Waals surface area contributed by atoms with Crippen LogP contribution in [-0.4, -0.2) is 64.9 Å². The SMILES string of the molecule is CCn1cc(-c2noc(CNC(=O)c3ccc(S(=O)(=O)N4CCOCC4)cc3)n2)cn1. The highest BCUT2D eigenvalue weighted by molar-refractivity contribution is 7.89. The molecule has 0 spiro atoms. The Hall–Kier alpha value is -3.09. The van der Waals surface area contributed by atoms with Crippen LogP contribution < -0.4 is 5.32 Å². The van der Waals surface area contributed by atoms with Gasteiger partial charge in [0.1, 0.15) is 0 Å². The van der Waals surface area contributed by atoms with E-state index < -0.39 is 10.0 Å². The monoisotopic (exact) mass is 446 g/mol. The number of nitrogens with zero attached hydrogens (tertiary/aromatic N) is 5. The summed E-state index contributed by atoms with van der Waals surface area (Å²) in [6.45, 7) is 4.12. The third-order valence-electron chi connectivity index (χ3n) is 4.81. The fourth-order valence-corrected chi connectivity index (χ4v) is 4.48. The van der Waals surface area contributed by atoms with Crippen LogP contribution in [0.1, 0.15) is 23.2 Å². The van der Waals surface area contributed by atoms with Crippen LogP contribution in [0.25, 0.3) is 11.4 Å². The summed E-state index contributed by atoms with van der Waals surface area (Å²) in [7, 11) is -3.60. The minimum absolute atomic E-state index is 0.0432. The molecule has 3 heterocycles. The lowest BCUT2D eigenvalue weighted by Crippen LogP contribution is -2.40. The Labute approximate surface area is 179 Å². The molecule has 12 heteroatoms. The molecule has 1 aliphatic heterocycles.